The quantitative estimate of drug-likeness (QED) is 0.859. The number of ether oxygens (including phenoxy) is 2. The number of hydrogen-bond acceptors (Lipinski definition) is 5. The van der Waals surface area contributed by atoms with E-state index in [9.17, 15) is 13.2 Å². The summed E-state index contributed by atoms with van der Waals surface area (Å²) in [6.45, 7) is 0. The van der Waals surface area contributed by atoms with Gasteiger partial charge in [0.15, 0.2) is 0 Å². The highest BCUT2D eigenvalue weighted by Gasteiger charge is 2.32. The molecular formula is C11H8F3N3O2. The number of hydrogen-bond donors (Lipinski definition) is 0. The first kappa shape index (κ1) is 13.1. The first-order valence-corrected chi connectivity index (χ1v) is 5.08. The molecule has 0 bridgehead atoms. The van der Waals surface area contributed by atoms with Gasteiger partial charge in [-0.3, -0.25) is 0 Å². The van der Waals surface area contributed by atoms with Gasteiger partial charge >= 0.3 is 6.18 Å². The zero-order valence-corrected chi connectivity index (χ0v) is 9.68. The lowest BCUT2D eigenvalue weighted by Crippen LogP contribution is -2.08. The highest BCUT2D eigenvalue weighted by Crippen LogP contribution is 2.29. The van der Waals surface area contributed by atoms with Crippen LogP contribution in [0.4, 0.5) is 13.2 Å². The molecule has 0 aromatic carbocycles. The van der Waals surface area contributed by atoms with Crippen molar-refractivity contribution in [3.05, 3.63) is 36.2 Å². The van der Waals surface area contributed by atoms with Gasteiger partial charge < -0.3 is 9.47 Å². The number of alkyl halides is 3. The molecule has 0 fully saturated rings. The Bertz CT molecular complexity index is 575. The fraction of sp³-hybridized carbons (Fsp3) is 0.182. The number of rotatable bonds is 3. The van der Waals surface area contributed by atoms with Gasteiger partial charge in [0.2, 0.25) is 11.8 Å². The summed E-state index contributed by atoms with van der Waals surface area (Å²) < 4.78 is 47.4. The maximum Gasteiger partial charge on any atom is 0.433 e. The zero-order valence-electron chi connectivity index (χ0n) is 9.68. The van der Waals surface area contributed by atoms with Crippen molar-refractivity contribution < 1.29 is 22.6 Å². The fourth-order valence-corrected chi connectivity index (χ4v) is 1.23. The van der Waals surface area contributed by atoms with Crippen molar-refractivity contribution in [1.29, 1.82) is 0 Å². The van der Waals surface area contributed by atoms with E-state index in [4.69, 9.17) is 9.47 Å². The molecule has 0 N–H and O–H groups in total. The van der Waals surface area contributed by atoms with E-state index in [1.807, 2.05) is 0 Å². The summed E-state index contributed by atoms with van der Waals surface area (Å²) in [5.41, 5.74) is -1.04. The molecule has 0 unspecified atom stereocenters. The molecule has 0 aliphatic heterocycles. The standard InChI is InChI=1S/C11H8F3N3O2/c1-18-7-5-10(17-15-6-7)19-9-4-2-3-8(16-9)11(12,13)14/h2-6H,1H3. The third kappa shape index (κ3) is 3.30. The van der Waals surface area contributed by atoms with Gasteiger partial charge in [-0.05, 0) is 6.07 Å². The van der Waals surface area contributed by atoms with Crippen LogP contribution in [-0.2, 0) is 6.18 Å². The Hall–Kier alpha value is -2.38. The van der Waals surface area contributed by atoms with E-state index in [1.165, 1.54) is 31.5 Å². The molecule has 0 aliphatic rings. The molecule has 0 radical (unpaired) electrons. The first-order valence-electron chi connectivity index (χ1n) is 5.08. The molecule has 0 saturated carbocycles. The third-order valence-corrected chi connectivity index (χ3v) is 2.07. The molecule has 19 heavy (non-hydrogen) atoms. The molecule has 0 aliphatic carbocycles. The van der Waals surface area contributed by atoms with E-state index in [0.29, 0.717) is 5.75 Å². The molecule has 2 rings (SSSR count). The minimum absolute atomic E-state index is 0.00817. The maximum atomic E-state index is 12.5. The monoisotopic (exact) mass is 271 g/mol. The molecule has 100 valence electrons. The van der Waals surface area contributed by atoms with Crippen molar-refractivity contribution in [2.75, 3.05) is 7.11 Å². The first-order chi connectivity index (χ1) is 8.99. The Morgan fingerprint density at radius 3 is 2.63 bits per heavy atom. The molecule has 5 nitrogen and oxygen atoms in total. The van der Waals surface area contributed by atoms with Gasteiger partial charge in [0.25, 0.3) is 0 Å². The molecule has 2 heterocycles. The Balaban J connectivity index is 2.23. The Morgan fingerprint density at radius 2 is 1.95 bits per heavy atom. The zero-order chi connectivity index (χ0) is 13.9. The topological polar surface area (TPSA) is 57.1 Å². The van der Waals surface area contributed by atoms with Crippen molar-refractivity contribution in [2.45, 2.75) is 6.18 Å². The van der Waals surface area contributed by atoms with Gasteiger partial charge in [0, 0.05) is 12.1 Å². The van der Waals surface area contributed by atoms with Crippen LogP contribution in [0, 0.1) is 0 Å². The minimum Gasteiger partial charge on any atom is -0.495 e. The van der Waals surface area contributed by atoms with Crippen LogP contribution < -0.4 is 9.47 Å². The van der Waals surface area contributed by atoms with Crippen molar-refractivity contribution in [1.82, 2.24) is 15.2 Å². The molecule has 8 heteroatoms. The predicted molar refractivity (Wildman–Crippen MR) is 57.9 cm³/mol. The van der Waals surface area contributed by atoms with Gasteiger partial charge in [-0.2, -0.15) is 18.3 Å². The van der Waals surface area contributed by atoms with E-state index in [0.717, 1.165) is 6.07 Å². The van der Waals surface area contributed by atoms with E-state index in [-0.39, 0.29) is 11.8 Å². The predicted octanol–water partition coefficient (Wildman–Crippen LogP) is 2.69. The van der Waals surface area contributed by atoms with Crippen molar-refractivity contribution in [3.8, 4) is 17.5 Å². The van der Waals surface area contributed by atoms with Gasteiger partial charge in [0.05, 0.1) is 13.3 Å². The SMILES string of the molecule is COc1cnnc(Oc2cccc(C(F)(F)F)n2)c1. The Labute approximate surface area is 106 Å². The Kier molecular flexibility index (Phi) is 3.50. The average Bonchev–Trinajstić information content (AvgIpc) is 2.38. The van der Waals surface area contributed by atoms with Gasteiger partial charge in [-0.25, -0.2) is 4.98 Å². The van der Waals surface area contributed by atoms with Crippen LogP contribution in [0.15, 0.2) is 30.5 Å². The van der Waals surface area contributed by atoms with Crippen LogP contribution in [0.1, 0.15) is 5.69 Å². The third-order valence-electron chi connectivity index (χ3n) is 2.07. The Morgan fingerprint density at radius 1 is 1.16 bits per heavy atom. The molecule has 0 atom stereocenters. The van der Waals surface area contributed by atoms with Gasteiger partial charge in [0.1, 0.15) is 11.4 Å². The van der Waals surface area contributed by atoms with Crippen molar-refractivity contribution in [3.63, 3.8) is 0 Å². The van der Waals surface area contributed by atoms with Crippen LogP contribution in [0.3, 0.4) is 0 Å². The number of pyridine rings is 1. The lowest BCUT2D eigenvalue weighted by Gasteiger charge is -2.08. The highest BCUT2D eigenvalue weighted by atomic mass is 19.4. The highest BCUT2D eigenvalue weighted by molar-refractivity contribution is 5.27. The smallest absolute Gasteiger partial charge is 0.433 e. The van der Waals surface area contributed by atoms with Crippen LogP contribution in [0.2, 0.25) is 0 Å². The van der Waals surface area contributed by atoms with E-state index in [2.05, 4.69) is 15.2 Å². The summed E-state index contributed by atoms with van der Waals surface area (Å²) in [5, 5.41) is 7.17. The summed E-state index contributed by atoms with van der Waals surface area (Å²) in [5.74, 6) is 0.139. The molecule has 2 aromatic rings. The van der Waals surface area contributed by atoms with E-state index < -0.39 is 11.9 Å². The number of halogens is 3. The average molecular weight is 271 g/mol. The molecule has 2 aromatic heterocycles. The molecule has 0 spiro atoms. The van der Waals surface area contributed by atoms with Crippen molar-refractivity contribution >= 4 is 0 Å². The van der Waals surface area contributed by atoms with Crippen LogP contribution in [-0.4, -0.2) is 22.3 Å². The minimum atomic E-state index is -4.53. The van der Waals surface area contributed by atoms with Crippen LogP contribution in [0.5, 0.6) is 17.5 Å². The van der Waals surface area contributed by atoms with E-state index in [1.54, 1.807) is 0 Å². The second-order valence-corrected chi connectivity index (χ2v) is 3.39. The summed E-state index contributed by atoms with van der Waals surface area (Å²) in [7, 11) is 1.42. The maximum absolute atomic E-state index is 12.5. The van der Waals surface area contributed by atoms with Crippen LogP contribution >= 0.6 is 0 Å². The van der Waals surface area contributed by atoms with Crippen molar-refractivity contribution in [2.24, 2.45) is 0 Å². The second kappa shape index (κ2) is 5.09. The number of aromatic nitrogens is 3. The van der Waals surface area contributed by atoms with Gasteiger partial charge in [-0.1, -0.05) is 6.07 Å². The normalized spacial score (nSPS) is 11.2. The summed E-state index contributed by atoms with van der Waals surface area (Å²) >= 11 is 0. The number of methoxy groups -OCH3 is 1. The van der Waals surface area contributed by atoms with E-state index >= 15 is 0 Å². The van der Waals surface area contributed by atoms with Gasteiger partial charge in [-0.15, -0.1) is 5.10 Å². The molecular weight excluding hydrogens is 263 g/mol. The molecule has 0 saturated heterocycles. The lowest BCUT2D eigenvalue weighted by molar-refractivity contribution is -0.141. The lowest BCUT2D eigenvalue weighted by atomic mass is 10.3. The molecule has 0 amide bonds. The summed E-state index contributed by atoms with van der Waals surface area (Å²) in [6, 6.07) is 4.72. The van der Waals surface area contributed by atoms with Crippen LogP contribution in [0.25, 0.3) is 0 Å². The second-order valence-electron chi connectivity index (χ2n) is 3.39. The largest absolute Gasteiger partial charge is 0.495 e. The fourth-order valence-electron chi connectivity index (χ4n) is 1.23. The summed E-state index contributed by atoms with van der Waals surface area (Å²) in [4.78, 5) is 3.34. The summed E-state index contributed by atoms with van der Waals surface area (Å²) in [6.07, 6.45) is -3.19. The number of nitrogens with zero attached hydrogens (tertiary/aromatic N) is 3.